The molecule has 0 aromatic carbocycles. The molecule has 0 fully saturated rings. The third-order valence-corrected chi connectivity index (χ3v) is 2.33. The van der Waals surface area contributed by atoms with Gasteiger partial charge in [-0.3, -0.25) is 0 Å². The van der Waals surface area contributed by atoms with E-state index < -0.39 is 0 Å². The first-order valence-corrected chi connectivity index (χ1v) is 3.61. The van der Waals surface area contributed by atoms with Gasteiger partial charge in [0.15, 0.2) is 0 Å². The van der Waals surface area contributed by atoms with Crippen molar-refractivity contribution in [3.05, 3.63) is 11.0 Å². The fraction of sp³-hybridized carbons (Fsp3) is 0.500. The molecule has 0 saturated heterocycles. The SMILES string of the molecule is CC1CSC=C1C#N. The van der Waals surface area contributed by atoms with Gasteiger partial charge in [0.25, 0.3) is 0 Å². The molecule has 0 aromatic rings. The quantitative estimate of drug-likeness (QED) is 0.492. The molecule has 1 unspecified atom stereocenters. The first-order chi connectivity index (χ1) is 3.84. The van der Waals surface area contributed by atoms with Gasteiger partial charge in [0.2, 0.25) is 0 Å². The van der Waals surface area contributed by atoms with E-state index in [0.717, 1.165) is 11.3 Å². The molecule has 2 heteroatoms. The standard InChI is InChI=1S/C6H7NS/c1-5-3-8-4-6(5)2-7/h4-5H,3H2,1H3. The van der Waals surface area contributed by atoms with Crippen LogP contribution in [-0.4, -0.2) is 5.75 Å². The van der Waals surface area contributed by atoms with E-state index in [1.54, 1.807) is 11.8 Å². The van der Waals surface area contributed by atoms with Crippen molar-refractivity contribution in [2.75, 3.05) is 5.75 Å². The average Bonchev–Trinajstić information content (AvgIpc) is 2.14. The van der Waals surface area contributed by atoms with Gasteiger partial charge in [-0.05, 0) is 5.41 Å². The summed E-state index contributed by atoms with van der Waals surface area (Å²) < 4.78 is 0. The van der Waals surface area contributed by atoms with Crippen LogP contribution in [0.1, 0.15) is 6.92 Å². The number of nitriles is 1. The third-order valence-electron chi connectivity index (χ3n) is 1.22. The maximum atomic E-state index is 8.40. The van der Waals surface area contributed by atoms with Gasteiger partial charge in [0, 0.05) is 17.2 Å². The fourth-order valence-electron chi connectivity index (χ4n) is 0.625. The Morgan fingerprint density at radius 1 is 2.00 bits per heavy atom. The van der Waals surface area contributed by atoms with Crippen molar-refractivity contribution in [2.45, 2.75) is 6.92 Å². The van der Waals surface area contributed by atoms with E-state index >= 15 is 0 Å². The molecule has 1 aliphatic heterocycles. The van der Waals surface area contributed by atoms with Gasteiger partial charge in [0.05, 0.1) is 6.07 Å². The molecule has 0 aliphatic carbocycles. The molecular formula is C6H7NS. The molecule has 0 bridgehead atoms. The van der Waals surface area contributed by atoms with Crippen LogP contribution in [0.25, 0.3) is 0 Å². The molecule has 1 heterocycles. The highest BCUT2D eigenvalue weighted by molar-refractivity contribution is 8.02. The summed E-state index contributed by atoms with van der Waals surface area (Å²) >= 11 is 1.73. The Bertz CT molecular complexity index is 154. The van der Waals surface area contributed by atoms with Crippen LogP contribution in [-0.2, 0) is 0 Å². The average molecular weight is 125 g/mol. The minimum Gasteiger partial charge on any atom is -0.193 e. The third kappa shape index (κ3) is 0.873. The molecule has 1 atom stereocenters. The highest BCUT2D eigenvalue weighted by Crippen LogP contribution is 2.26. The summed E-state index contributed by atoms with van der Waals surface area (Å²) in [7, 11) is 0. The van der Waals surface area contributed by atoms with Crippen molar-refractivity contribution >= 4 is 11.8 Å². The van der Waals surface area contributed by atoms with Gasteiger partial charge in [-0.2, -0.15) is 5.26 Å². The summed E-state index contributed by atoms with van der Waals surface area (Å²) in [4.78, 5) is 0. The topological polar surface area (TPSA) is 23.8 Å². The summed E-state index contributed by atoms with van der Waals surface area (Å²) in [6.07, 6.45) is 0. The molecule has 0 spiro atoms. The molecule has 0 aromatic heterocycles. The van der Waals surface area contributed by atoms with Crippen molar-refractivity contribution in [3.63, 3.8) is 0 Å². The molecule has 1 rings (SSSR count). The number of allylic oxidation sites excluding steroid dienone is 1. The summed E-state index contributed by atoms with van der Waals surface area (Å²) in [5, 5.41) is 10.4. The number of hydrogen-bond acceptors (Lipinski definition) is 2. The van der Waals surface area contributed by atoms with Crippen LogP contribution in [0.2, 0.25) is 0 Å². The first kappa shape index (κ1) is 5.71. The predicted octanol–water partition coefficient (Wildman–Crippen LogP) is 1.78. The van der Waals surface area contributed by atoms with Crippen LogP contribution in [0.3, 0.4) is 0 Å². The summed E-state index contributed by atoms with van der Waals surface area (Å²) in [5.41, 5.74) is 0.940. The maximum absolute atomic E-state index is 8.40. The van der Waals surface area contributed by atoms with E-state index in [9.17, 15) is 0 Å². The van der Waals surface area contributed by atoms with Crippen molar-refractivity contribution < 1.29 is 0 Å². The zero-order valence-electron chi connectivity index (χ0n) is 4.72. The Labute approximate surface area is 53.4 Å². The molecule has 0 N–H and O–H groups in total. The van der Waals surface area contributed by atoms with Gasteiger partial charge in [0.1, 0.15) is 0 Å². The van der Waals surface area contributed by atoms with Crippen molar-refractivity contribution in [1.82, 2.24) is 0 Å². The molecule has 0 saturated carbocycles. The van der Waals surface area contributed by atoms with Crippen molar-refractivity contribution in [3.8, 4) is 6.07 Å². The van der Waals surface area contributed by atoms with Gasteiger partial charge in [-0.1, -0.05) is 6.92 Å². The van der Waals surface area contributed by atoms with Gasteiger partial charge in [-0.15, -0.1) is 11.8 Å². The molecule has 0 amide bonds. The normalized spacial score (nSPS) is 27.0. The monoisotopic (exact) mass is 125 g/mol. The fourth-order valence-corrected chi connectivity index (χ4v) is 1.65. The number of hydrogen-bond donors (Lipinski definition) is 0. The maximum Gasteiger partial charge on any atom is 0.0955 e. The summed E-state index contributed by atoms with van der Waals surface area (Å²) in [6, 6.07) is 2.15. The lowest BCUT2D eigenvalue weighted by molar-refractivity contribution is 0.825. The number of thioether (sulfide) groups is 1. The van der Waals surface area contributed by atoms with E-state index in [1.807, 2.05) is 5.41 Å². The lowest BCUT2D eigenvalue weighted by Crippen LogP contribution is -1.92. The molecule has 8 heavy (non-hydrogen) atoms. The first-order valence-electron chi connectivity index (χ1n) is 2.56. The zero-order chi connectivity index (χ0) is 5.98. The van der Waals surface area contributed by atoms with E-state index in [0.29, 0.717) is 5.92 Å². The lowest BCUT2D eigenvalue weighted by Gasteiger charge is -1.94. The second-order valence-electron chi connectivity index (χ2n) is 1.92. The van der Waals surface area contributed by atoms with E-state index in [2.05, 4.69) is 13.0 Å². The molecule has 1 aliphatic rings. The highest BCUT2D eigenvalue weighted by Gasteiger charge is 2.12. The Balaban J connectivity index is 2.66. The smallest absolute Gasteiger partial charge is 0.0955 e. The van der Waals surface area contributed by atoms with E-state index in [4.69, 9.17) is 5.26 Å². The Morgan fingerprint density at radius 2 is 2.75 bits per heavy atom. The Kier molecular flexibility index (Phi) is 1.59. The van der Waals surface area contributed by atoms with Crippen molar-refractivity contribution in [1.29, 1.82) is 5.26 Å². The van der Waals surface area contributed by atoms with Crippen LogP contribution < -0.4 is 0 Å². The van der Waals surface area contributed by atoms with Gasteiger partial charge < -0.3 is 0 Å². The van der Waals surface area contributed by atoms with Gasteiger partial charge in [-0.25, -0.2) is 0 Å². The van der Waals surface area contributed by atoms with Crippen LogP contribution in [0.15, 0.2) is 11.0 Å². The summed E-state index contributed by atoms with van der Waals surface area (Å²) in [5.74, 6) is 1.58. The minimum atomic E-state index is 0.491. The number of nitrogens with zero attached hydrogens (tertiary/aromatic N) is 1. The molecule has 0 radical (unpaired) electrons. The van der Waals surface area contributed by atoms with E-state index in [-0.39, 0.29) is 0 Å². The van der Waals surface area contributed by atoms with Crippen LogP contribution in [0, 0.1) is 17.2 Å². The van der Waals surface area contributed by atoms with Gasteiger partial charge >= 0.3 is 0 Å². The predicted molar refractivity (Wildman–Crippen MR) is 35.3 cm³/mol. The lowest BCUT2D eigenvalue weighted by atomic mass is 10.1. The largest absolute Gasteiger partial charge is 0.193 e. The number of rotatable bonds is 0. The molecular weight excluding hydrogens is 118 g/mol. The highest BCUT2D eigenvalue weighted by atomic mass is 32.2. The second kappa shape index (κ2) is 2.23. The molecule has 1 nitrogen and oxygen atoms in total. The second-order valence-corrected chi connectivity index (χ2v) is 2.82. The van der Waals surface area contributed by atoms with Crippen LogP contribution in [0.5, 0.6) is 0 Å². The Morgan fingerprint density at radius 3 is 3.00 bits per heavy atom. The van der Waals surface area contributed by atoms with Crippen LogP contribution >= 0.6 is 11.8 Å². The minimum absolute atomic E-state index is 0.491. The Hall–Kier alpha value is -0.420. The van der Waals surface area contributed by atoms with Crippen LogP contribution in [0.4, 0.5) is 0 Å². The summed E-state index contributed by atoms with van der Waals surface area (Å²) in [6.45, 7) is 2.08. The molecule has 42 valence electrons. The van der Waals surface area contributed by atoms with E-state index in [1.165, 1.54) is 0 Å². The van der Waals surface area contributed by atoms with Crippen molar-refractivity contribution in [2.24, 2.45) is 5.92 Å². The zero-order valence-corrected chi connectivity index (χ0v) is 5.53.